The predicted octanol–water partition coefficient (Wildman–Crippen LogP) is 5.57. The molecule has 0 radical (unpaired) electrons. The first-order chi connectivity index (χ1) is 12.9. The number of thiophene rings is 1. The van der Waals surface area contributed by atoms with Gasteiger partial charge in [-0.25, -0.2) is 4.68 Å². The molecule has 4 nitrogen and oxygen atoms in total. The maximum atomic E-state index is 12.8. The van der Waals surface area contributed by atoms with E-state index >= 15 is 0 Å². The van der Waals surface area contributed by atoms with Crippen LogP contribution in [0.3, 0.4) is 0 Å². The summed E-state index contributed by atoms with van der Waals surface area (Å²) in [4.78, 5) is 14.5. The fourth-order valence-electron chi connectivity index (χ4n) is 3.26. The Labute approximate surface area is 162 Å². The molecule has 0 spiro atoms. The summed E-state index contributed by atoms with van der Waals surface area (Å²) >= 11 is 1.47. The zero-order chi connectivity index (χ0) is 19.1. The van der Waals surface area contributed by atoms with Crippen molar-refractivity contribution >= 4 is 33.1 Å². The smallest absolute Gasteiger partial charge is 0.265 e. The summed E-state index contributed by atoms with van der Waals surface area (Å²) in [5.41, 5.74) is 6.22. The molecular formula is C22H21N3OS. The molecule has 27 heavy (non-hydrogen) atoms. The number of anilines is 1. The van der Waals surface area contributed by atoms with E-state index in [1.807, 2.05) is 43.7 Å². The number of benzene rings is 2. The number of fused-ring (bicyclic) bond motifs is 1. The first-order valence-corrected chi connectivity index (χ1v) is 9.68. The number of nitrogens with one attached hydrogen (secondary N) is 1. The van der Waals surface area contributed by atoms with E-state index in [-0.39, 0.29) is 5.91 Å². The third kappa shape index (κ3) is 3.38. The zero-order valence-corrected chi connectivity index (χ0v) is 16.6. The molecule has 4 rings (SSSR count). The third-order valence-electron chi connectivity index (χ3n) is 4.53. The number of hydrogen-bond donors (Lipinski definition) is 1. The van der Waals surface area contributed by atoms with Crippen LogP contribution in [-0.2, 0) is 0 Å². The van der Waals surface area contributed by atoms with Gasteiger partial charge in [0, 0.05) is 11.1 Å². The fourth-order valence-corrected chi connectivity index (χ4v) is 4.34. The van der Waals surface area contributed by atoms with E-state index in [0.717, 1.165) is 38.4 Å². The van der Waals surface area contributed by atoms with Crippen LogP contribution in [-0.4, -0.2) is 15.7 Å². The highest BCUT2D eigenvalue weighted by molar-refractivity contribution is 7.20. The highest BCUT2D eigenvalue weighted by Gasteiger charge is 2.17. The summed E-state index contributed by atoms with van der Waals surface area (Å²) in [6.45, 7) is 8.10. The van der Waals surface area contributed by atoms with Crippen LogP contribution in [0.4, 0.5) is 5.69 Å². The van der Waals surface area contributed by atoms with Crippen molar-refractivity contribution < 1.29 is 4.79 Å². The number of carbonyl (C=O) groups excluding carboxylic acids is 1. The lowest BCUT2D eigenvalue weighted by atomic mass is 10.1. The normalized spacial score (nSPS) is 11.1. The SMILES string of the molecule is Cc1ccc(-n2nc(C)c3cc(C(=O)Nc4cc(C)cc(C)c4)sc32)cc1. The molecule has 0 saturated heterocycles. The summed E-state index contributed by atoms with van der Waals surface area (Å²) in [5, 5.41) is 8.69. The Morgan fingerprint density at radius 3 is 2.26 bits per heavy atom. The van der Waals surface area contributed by atoms with E-state index in [9.17, 15) is 4.79 Å². The lowest BCUT2D eigenvalue weighted by Gasteiger charge is -2.06. The number of carbonyl (C=O) groups is 1. The van der Waals surface area contributed by atoms with Crippen LogP contribution in [0, 0.1) is 27.7 Å². The number of amides is 1. The van der Waals surface area contributed by atoms with Gasteiger partial charge < -0.3 is 5.32 Å². The molecule has 136 valence electrons. The first kappa shape index (κ1) is 17.5. The minimum absolute atomic E-state index is 0.0870. The van der Waals surface area contributed by atoms with Crippen molar-refractivity contribution in [2.45, 2.75) is 27.7 Å². The number of hydrogen-bond acceptors (Lipinski definition) is 3. The summed E-state index contributed by atoms with van der Waals surface area (Å²) in [7, 11) is 0. The molecule has 1 N–H and O–H groups in total. The van der Waals surface area contributed by atoms with Crippen molar-refractivity contribution in [1.82, 2.24) is 9.78 Å². The van der Waals surface area contributed by atoms with Gasteiger partial charge in [-0.05, 0) is 69.2 Å². The molecular weight excluding hydrogens is 354 g/mol. The minimum atomic E-state index is -0.0870. The average Bonchev–Trinajstić information content (AvgIpc) is 3.16. The van der Waals surface area contributed by atoms with E-state index in [0.29, 0.717) is 4.88 Å². The van der Waals surface area contributed by atoms with Gasteiger partial charge in [-0.3, -0.25) is 4.79 Å². The molecule has 0 saturated carbocycles. The molecule has 1 amide bonds. The van der Waals surface area contributed by atoms with Gasteiger partial charge in [-0.1, -0.05) is 23.8 Å². The van der Waals surface area contributed by atoms with E-state index in [2.05, 4.69) is 47.7 Å². The van der Waals surface area contributed by atoms with Crippen LogP contribution in [0.2, 0.25) is 0 Å². The Hall–Kier alpha value is -2.92. The predicted molar refractivity (Wildman–Crippen MR) is 112 cm³/mol. The molecule has 0 aliphatic carbocycles. The summed E-state index contributed by atoms with van der Waals surface area (Å²) < 4.78 is 1.92. The first-order valence-electron chi connectivity index (χ1n) is 8.86. The van der Waals surface area contributed by atoms with Gasteiger partial charge in [0.25, 0.3) is 5.91 Å². The molecule has 2 aromatic carbocycles. The van der Waals surface area contributed by atoms with Gasteiger partial charge in [0.05, 0.1) is 16.3 Å². The van der Waals surface area contributed by atoms with E-state index in [4.69, 9.17) is 0 Å². The second kappa shape index (κ2) is 6.67. The Bertz CT molecular complexity index is 1130. The average molecular weight is 375 g/mol. The van der Waals surface area contributed by atoms with Gasteiger partial charge in [0.2, 0.25) is 0 Å². The van der Waals surface area contributed by atoms with Gasteiger partial charge >= 0.3 is 0 Å². The Morgan fingerprint density at radius 2 is 1.59 bits per heavy atom. The third-order valence-corrected chi connectivity index (χ3v) is 5.64. The van der Waals surface area contributed by atoms with E-state index in [1.165, 1.54) is 16.9 Å². The lowest BCUT2D eigenvalue weighted by Crippen LogP contribution is -2.10. The maximum Gasteiger partial charge on any atom is 0.265 e. The monoisotopic (exact) mass is 375 g/mol. The molecule has 5 heteroatoms. The van der Waals surface area contributed by atoms with E-state index in [1.54, 1.807) is 0 Å². The Balaban J connectivity index is 1.70. The Kier molecular flexibility index (Phi) is 4.32. The second-order valence-corrected chi connectivity index (χ2v) is 8.02. The van der Waals surface area contributed by atoms with Gasteiger partial charge in [0.1, 0.15) is 4.83 Å². The number of rotatable bonds is 3. The standard InChI is InChI=1S/C22H21N3OS/c1-13-5-7-18(8-6-13)25-22-19(16(4)24-25)12-20(27-22)21(26)23-17-10-14(2)9-15(3)11-17/h5-12H,1-4H3,(H,23,26). The number of nitrogens with zero attached hydrogens (tertiary/aromatic N) is 2. The maximum absolute atomic E-state index is 12.8. The highest BCUT2D eigenvalue weighted by atomic mass is 32.1. The van der Waals surface area contributed by atoms with Crippen molar-refractivity contribution in [1.29, 1.82) is 0 Å². The number of aryl methyl sites for hydroxylation is 4. The minimum Gasteiger partial charge on any atom is -0.321 e. The summed E-state index contributed by atoms with van der Waals surface area (Å²) in [5.74, 6) is -0.0870. The van der Waals surface area contributed by atoms with Crippen molar-refractivity contribution in [2.24, 2.45) is 0 Å². The molecule has 0 unspecified atom stereocenters. The molecule has 0 atom stereocenters. The van der Waals surface area contributed by atoms with Gasteiger partial charge in [-0.2, -0.15) is 5.10 Å². The van der Waals surface area contributed by atoms with Gasteiger partial charge in [0.15, 0.2) is 0 Å². The summed E-state index contributed by atoms with van der Waals surface area (Å²) in [6.07, 6.45) is 0. The van der Waals surface area contributed by atoms with Gasteiger partial charge in [-0.15, -0.1) is 11.3 Å². The van der Waals surface area contributed by atoms with Crippen LogP contribution in [0.25, 0.3) is 15.9 Å². The second-order valence-electron chi connectivity index (χ2n) is 6.99. The highest BCUT2D eigenvalue weighted by Crippen LogP contribution is 2.31. The quantitative estimate of drug-likeness (QED) is 0.509. The topological polar surface area (TPSA) is 46.9 Å². The molecule has 0 fully saturated rings. The van der Waals surface area contributed by atoms with Crippen LogP contribution in [0.1, 0.15) is 32.1 Å². The molecule has 0 aliphatic heterocycles. The zero-order valence-electron chi connectivity index (χ0n) is 15.8. The van der Waals surface area contributed by atoms with Crippen LogP contribution in [0.5, 0.6) is 0 Å². The van der Waals surface area contributed by atoms with Crippen molar-refractivity contribution in [2.75, 3.05) is 5.32 Å². The Morgan fingerprint density at radius 1 is 0.926 bits per heavy atom. The molecule has 2 aromatic heterocycles. The van der Waals surface area contributed by atoms with Crippen LogP contribution >= 0.6 is 11.3 Å². The van der Waals surface area contributed by atoms with E-state index < -0.39 is 0 Å². The molecule has 0 bridgehead atoms. The van der Waals surface area contributed by atoms with Crippen molar-refractivity contribution in [3.8, 4) is 5.69 Å². The van der Waals surface area contributed by atoms with Crippen LogP contribution < -0.4 is 5.32 Å². The number of aromatic nitrogens is 2. The van der Waals surface area contributed by atoms with Crippen LogP contribution in [0.15, 0.2) is 48.5 Å². The molecule has 2 heterocycles. The van der Waals surface area contributed by atoms with Crippen molar-refractivity contribution in [3.05, 3.63) is 75.8 Å². The molecule has 0 aliphatic rings. The molecule has 4 aromatic rings. The summed E-state index contributed by atoms with van der Waals surface area (Å²) in [6, 6.07) is 16.2. The largest absolute Gasteiger partial charge is 0.321 e. The fraction of sp³-hybridized carbons (Fsp3) is 0.182. The van der Waals surface area contributed by atoms with Crippen molar-refractivity contribution in [3.63, 3.8) is 0 Å². The lowest BCUT2D eigenvalue weighted by molar-refractivity contribution is 0.103.